The van der Waals surface area contributed by atoms with Crippen LogP contribution in [0.1, 0.15) is 24.8 Å². The Labute approximate surface area is 155 Å². The van der Waals surface area contributed by atoms with Crippen molar-refractivity contribution in [1.29, 1.82) is 0 Å². The highest BCUT2D eigenvalue weighted by atomic mass is 35.5. The number of rotatable bonds is 7. The van der Waals surface area contributed by atoms with Gasteiger partial charge in [0.05, 0.1) is 10.8 Å². The van der Waals surface area contributed by atoms with Crippen LogP contribution in [-0.4, -0.2) is 23.4 Å². The van der Waals surface area contributed by atoms with E-state index >= 15 is 0 Å². The summed E-state index contributed by atoms with van der Waals surface area (Å²) in [6.45, 7) is 1.29. The van der Waals surface area contributed by atoms with E-state index in [9.17, 15) is 19.7 Å². The summed E-state index contributed by atoms with van der Waals surface area (Å²) >= 11 is 5.80. The summed E-state index contributed by atoms with van der Waals surface area (Å²) in [4.78, 5) is 34.6. The number of halogens is 1. The third-order valence-corrected chi connectivity index (χ3v) is 3.90. The zero-order valence-electron chi connectivity index (χ0n) is 14.0. The Bertz CT molecular complexity index is 810. The first-order valence-electron chi connectivity index (χ1n) is 7.87. The van der Waals surface area contributed by atoms with Gasteiger partial charge >= 0.3 is 5.97 Å². The molecule has 1 N–H and O–H groups in total. The van der Waals surface area contributed by atoms with Crippen LogP contribution < -0.4 is 5.32 Å². The molecule has 0 unspecified atom stereocenters. The first kappa shape index (κ1) is 19.4. The Morgan fingerprint density at radius 2 is 1.92 bits per heavy atom. The van der Waals surface area contributed by atoms with Crippen LogP contribution in [0.25, 0.3) is 0 Å². The molecule has 0 bridgehead atoms. The smallest absolute Gasteiger partial charge is 0.313 e. The van der Waals surface area contributed by atoms with Gasteiger partial charge in [-0.2, -0.15) is 0 Å². The van der Waals surface area contributed by atoms with E-state index in [2.05, 4.69) is 5.32 Å². The third-order valence-electron chi connectivity index (χ3n) is 3.67. The number of benzene rings is 2. The third kappa shape index (κ3) is 5.03. The molecule has 0 saturated heterocycles. The fourth-order valence-corrected chi connectivity index (χ4v) is 2.59. The molecule has 2 aromatic carbocycles. The highest BCUT2D eigenvalue weighted by Crippen LogP contribution is 2.27. The summed E-state index contributed by atoms with van der Waals surface area (Å²) in [6, 6.07) is 12.9. The molecule has 0 heterocycles. The van der Waals surface area contributed by atoms with E-state index in [-0.39, 0.29) is 16.4 Å². The molecule has 0 aliphatic rings. The summed E-state index contributed by atoms with van der Waals surface area (Å²) in [6.07, 6.45) is 0.518. The molecule has 26 heavy (non-hydrogen) atoms. The van der Waals surface area contributed by atoms with Gasteiger partial charge in [-0.3, -0.25) is 19.7 Å². The van der Waals surface area contributed by atoms with Crippen molar-refractivity contribution in [2.75, 3.05) is 11.9 Å². The molecule has 0 spiro atoms. The van der Waals surface area contributed by atoms with E-state index in [4.69, 9.17) is 16.3 Å². The molecule has 2 rings (SSSR count). The number of hydrogen-bond donors (Lipinski definition) is 1. The van der Waals surface area contributed by atoms with Crippen LogP contribution in [-0.2, 0) is 14.3 Å². The molecule has 7 nitrogen and oxygen atoms in total. The van der Waals surface area contributed by atoms with Gasteiger partial charge in [0.2, 0.25) is 0 Å². The minimum absolute atomic E-state index is 0.0568. The van der Waals surface area contributed by atoms with E-state index in [0.29, 0.717) is 6.42 Å². The lowest BCUT2D eigenvalue weighted by molar-refractivity contribution is -0.383. The fourth-order valence-electron chi connectivity index (χ4n) is 2.41. The van der Waals surface area contributed by atoms with Gasteiger partial charge in [-0.15, -0.1) is 0 Å². The molecule has 1 atom stereocenters. The van der Waals surface area contributed by atoms with Gasteiger partial charge in [0, 0.05) is 11.1 Å². The number of hydrogen-bond acceptors (Lipinski definition) is 5. The molecule has 8 heteroatoms. The van der Waals surface area contributed by atoms with Gasteiger partial charge in [-0.25, -0.2) is 0 Å². The van der Waals surface area contributed by atoms with Crippen LogP contribution in [0.4, 0.5) is 11.4 Å². The second-order valence-electron chi connectivity index (χ2n) is 5.45. The maximum atomic E-state index is 12.2. The largest absolute Gasteiger partial charge is 0.455 e. The van der Waals surface area contributed by atoms with Gasteiger partial charge in [0.15, 0.2) is 6.61 Å². The number of nitrogens with one attached hydrogen (secondary N) is 1. The van der Waals surface area contributed by atoms with E-state index in [1.807, 2.05) is 37.3 Å². The van der Waals surface area contributed by atoms with E-state index < -0.39 is 29.3 Å². The van der Waals surface area contributed by atoms with Crippen molar-refractivity contribution in [2.24, 2.45) is 0 Å². The lowest BCUT2D eigenvalue weighted by atomic mass is 9.97. The summed E-state index contributed by atoms with van der Waals surface area (Å²) in [7, 11) is 0. The molecule has 0 aliphatic heterocycles. The highest BCUT2D eigenvalue weighted by molar-refractivity contribution is 6.31. The van der Waals surface area contributed by atoms with Crippen LogP contribution in [0, 0.1) is 10.1 Å². The van der Waals surface area contributed by atoms with Crippen molar-refractivity contribution in [3.05, 3.63) is 69.2 Å². The van der Waals surface area contributed by atoms with Crippen molar-refractivity contribution in [3.8, 4) is 0 Å². The topological polar surface area (TPSA) is 98.5 Å². The molecule has 0 aromatic heterocycles. The quantitative estimate of drug-likeness (QED) is 0.448. The van der Waals surface area contributed by atoms with E-state index in [1.165, 1.54) is 18.2 Å². The average molecular weight is 377 g/mol. The first-order valence-corrected chi connectivity index (χ1v) is 8.25. The molecule has 0 saturated carbocycles. The zero-order chi connectivity index (χ0) is 19.1. The molecule has 136 valence electrons. The van der Waals surface area contributed by atoms with Gasteiger partial charge in [-0.05, 0) is 24.1 Å². The van der Waals surface area contributed by atoms with Gasteiger partial charge in [-0.1, -0.05) is 48.9 Å². The minimum atomic E-state index is -0.688. The Hall–Kier alpha value is -2.93. The zero-order valence-corrected chi connectivity index (χ0v) is 14.7. The maximum Gasteiger partial charge on any atom is 0.313 e. The van der Waals surface area contributed by atoms with E-state index in [1.54, 1.807) is 0 Å². The van der Waals surface area contributed by atoms with Crippen LogP contribution in [0.2, 0.25) is 5.02 Å². The maximum absolute atomic E-state index is 12.2. The molecular formula is C18H17ClN2O5. The monoisotopic (exact) mass is 376 g/mol. The summed E-state index contributed by atoms with van der Waals surface area (Å²) in [5.41, 5.74) is 0.439. The van der Waals surface area contributed by atoms with E-state index in [0.717, 1.165) is 5.56 Å². The molecule has 0 aliphatic carbocycles. The number of anilines is 1. The van der Waals surface area contributed by atoms with Crippen LogP contribution >= 0.6 is 11.6 Å². The molecule has 0 fully saturated rings. The molecule has 2 aromatic rings. The summed E-state index contributed by atoms with van der Waals surface area (Å²) in [5.74, 6) is -1.70. The Morgan fingerprint density at radius 3 is 2.54 bits per heavy atom. The standard InChI is InChI=1S/C18H17ClN2O5/c1-2-14(12-6-4-3-5-7-12)18(23)26-11-17(22)20-15-10-13(19)8-9-16(15)21(24)25/h3-10,14H,2,11H2,1H3,(H,20,22)/t14-/m1/s1. The summed E-state index contributed by atoms with van der Waals surface area (Å²) in [5, 5.41) is 13.6. The Kier molecular flexibility index (Phi) is 6.68. The SMILES string of the molecule is CC[C@@H](C(=O)OCC(=O)Nc1cc(Cl)ccc1[N+](=O)[O-])c1ccccc1. The number of nitro benzene ring substituents is 1. The molecule has 1 amide bonds. The Balaban J connectivity index is 1.99. The van der Waals surface area contributed by atoms with Gasteiger partial charge in [0.25, 0.3) is 11.6 Å². The van der Waals surface area contributed by atoms with Crippen LogP contribution in [0.5, 0.6) is 0 Å². The molecular weight excluding hydrogens is 360 g/mol. The van der Waals surface area contributed by atoms with Crippen molar-refractivity contribution < 1.29 is 19.2 Å². The number of nitrogens with zero attached hydrogens (tertiary/aromatic N) is 1. The predicted octanol–water partition coefficient (Wildman–Crippen LogP) is 3.92. The highest BCUT2D eigenvalue weighted by Gasteiger charge is 2.22. The lowest BCUT2D eigenvalue weighted by Crippen LogP contribution is -2.24. The second kappa shape index (κ2) is 8.96. The minimum Gasteiger partial charge on any atom is -0.455 e. The second-order valence-corrected chi connectivity index (χ2v) is 5.88. The lowest BCUT2D eigenvalue weighted by Gasteiger charge is -2.14. The van der Waals surface area contributed by atoms with Crippen molar-refractivity contribution >= 4 is 34.9 Å². The average Bonchev–Trinajstić information content (AvgIpc) is 2.61. The molecule has 0 radical (unpaired) electrons. The number of carbonyl (C=O) groups is 2. The normalized spacial score (nSPS) is 11.5. The number of esters is 1. The van der Waals surface area contributed by atoms with Crippen LogP contribution in [0.3, 0.4) is 0 Å². The first-order chi connectivity index (χ1) is 12.4. The predicted molar refractivity (Wildman–Crippen MR) is 97.2 cm³/mol. The number of nitro groups is 1. The van der Waals surface area contributed by atoms with Crippen molar-refractivity contribution in [3.63, 3.8) is 0 Å². The van der Waals surface area contributed by atoms with Crippen molar-refractivity contribution in [1.82, 2.24) is 0 Å². The van der Waals surface area contributed by atoms with Crippen molar-refractivity contribution in [2.45, 2.75) is 19.3 Å². The number of amides is 1. The fraction of sp³-hybridized carbons (Fsp3) is 0.222. The number of ether oxygens (including phenoxy) is 1. The number of carbonyl (C=O) groups excluding carboxylic acids is 2. The Morgan fingerprint density at radius 1 is 1.23 bits per heavy atom. The van der Waals surface area contributed by atoms with Gasteiger partial charge in [0.1, 0.15) is 5.69 Å². The van der Waals surface area contributed by atoms with Crippen LogP contribution in [0.15, 0.2) is 48.5 Å². The van der Waals surface area contributed by atoms with Gasteiger partial charge < -0.3 is 10.1 Å². The summed E-state index contributed by atoms with van der Waals surface area (Å²) < 4.78 is 5.06.